The number of nitriles is 1. The first-order valence-corrected chi connectivity index (χ1v) is 10.9. The van der Waals surface area contributed by atoms with Crippen LogP contribution in [0.5, 0.6) is 5.75 Å². The monoisotopic (exact) mass is 459 g/mol. The number of benzene rings is 2. The van der Waals surface area contributed by atoms with Gasteiger partial charge < -0.3 is 4.74 Å². The Morgan fingerprint density at radius 3 is 2.56 bits per heavy atom. The molecule has 0 aliphatic heterocycles. The molecule has 4 aromatic rings. The molecule has 9 heteroatoms. The van der Waals surface area contributed by atoms with Crippen LogP contribution < -0.4 is 4.74 Å². The molecule has 0 bridgehead atoms. The Morgan fingerprint density at radius 2 is 1.88 bits per heavy atom. The van der Waals surface area contributed by atoms with Gasteiger partial charge in [-0.15, -0.1) is 11.3 Å². The van der Waals surface area contributed by atoms with Crippen molar-refractivity contribution in [3.8, 4) is 11.8 Å². The molecule has 0 spiro atoms. The van der Waals surface area contributed by atoms with Crippen molar-refractivity contribution < 1.29 is 14.5 Å². The molecule has 0 atom stereocenters. The van der Waals surface area contributed by atoms with Gasteiger partial charge in [0.1, 0.15) is 16.8 Å². The first-order chi connectivity index (χ1) is 15.5. The topological polar surface area (TPSA) is 106 Å². The summed E-state index contributed by atoms with van der Waals surface area (Å²) in [5.74, 6) is -0.260. The van der Waals surface area contributed by atoms with E-state index in [-0.39, 0.29) is 5.00 Å². The maximum atomic E-state index is 12.0. The van der Waals surface area contributed by atoms with Crippen LogP contribution in [0.1, 0.15) is 15.4 Å². The van der Waals surface area contributed by atoms with E-state index in [1.54, 1.807) is 36.4 Å². The number of aromatic nitrogens is 1. The second-order valence-electron chi connectivity index (χ2n) is 6.41. The molecule has 4 rings (SSSR count). The Kier molecular flexibility index (Phi) is 6.17. The summed E-state index contributed by atoms with van der Waals surface area (Å²) in [5, 5.41) is 20.9. The second-order valence-corrected chi connectivity index (χ2v) is 8.54. The molecule has 0 N–H and O–H groups in total. The smallest absolute Gasteiger partial charge is 0.336 e. The standard InChI is InChI=1S/C23H13N3O4S2/c24-14-16(23-25-19-3-1-2-4-20(19)32-23)13-15-5-7-17(8-6-15)30-22(27)12-10-18-9-11-21(31-18)26(28)29/h1-13H. The van der Waals surface area contributed by atoms with Gasteiger partial charge in [-0.1, -0.05) is 35.6 Å². The van der Waals surface area contributed by atoms with Crippen molar-refractivity contribution in [2.45, 2.75) is 0 Å². The maximum absolute atomic E-state index is 12.0. The number of fused-ring (bicyclic) bond motifs is 1. The molecule has 2 aromatic carbocycles. The zero-order chi connectivity index (χ0) is 22.5. The van der Waals surface area contributed by atoms with E-state index < -0.39 is 10.9 Å². The van der Waals surface area contributed by atoms with E-state index in [2.05, 4.69) is 11.1 Å². The largest absolute Gasteiger partial charge is 0.423 e. The summed E-state index contributed by atoms with van der Waals surface area (Å²) >= 11 is 2.42. The fourth-order valence-electron chi connectivity index (χ4n) is 2.76. The van der Waals surface area contributed by atoms with E-state index in [4.69, 9.17) is 4.74 Å². The predicted molar refractivity (Wildman–Crippen MR) is 125 cm³/mol. The van der Waals surface area contributed by atoms with Crippen molar-refractivity contribution in [3.05, 3.63) is 92.3 Å². The lowest BCUT2D eigenvalue weighted by atomic mass is 10.1. The van der Waals surface area contributed by atoms with E-state index >= 15 is 0 Å². The first-order valence-electron chi connectivity index (χ1n) is 9.24. The lowest BCUT2D eigenvalue weighted by molar-refractivity contribution is -0.380. The number of rotatable bonds is 6. The highest BCUT2D eigenvalue weighted by molar-refractivity contribution is 7.19. The van der Waals surface area contributed by atoms with Gasteiger partial charge >= 0.3 is 11.0 Å². The number of thiophene rings is 1. The molecule has 0 amide bonds. The van der Waals surface area contributed by atoms with E-state index in [1.165, 1.54) is 29.6 Å². The number of allylic oxidation sites excluding steroid dienone is 1. The van der Waals surface area contributed by atoms with Crippen molar-refractivity contribution >= 4 is 61.6 Å². The molecule has 0 saturated heterocycles. The molecule has 156 valence electrons. The number of hydrogen-bond acceptors (Lipinski definition) is 8. The van der Waals surface area contributed by atoms with E-state index in [1.807, 2.05) is 24.3 Å². The van der Waals surface area contributed by atoms with Crippen molar-refractivity contribution in [3.63, 3.8) is 0 Å². The number of nitro groups is 1. The minimum atomic E-state index is -0.600. The van der Waals surface area contributed by atoms with Crippen LogP contribution in [0.2, 0.25) is 0 Å². The van der Waals surface area contributed by atoms with Gasteiger partial charge in [0.05, 0.1) is 20.7 Å². The quantitative estimate of drug-likeness (QED) is 0.0881. The maximum Gasteiger partial charge on any atom is 0.336 e. The average Bonchev–Trinajstić information content (AvgIpc) is 3.44. The lowest BCUT2D eigenvalue weighted by Crippen LogP contribution is -2.03. The van der Waals surface area contributed by atoms with Crippen LogP contribution in [0.15, 0.2) is 66.7 Å². The number of ether oxygens (including phenoxy) is 1. The zero-order valence-corrected chi connectivity index (χ0v) is 17.9. The lowest BCUT2D eigenvalue weighted by Gasteiger charge is -2.02. The van der Waals surface area contributed by atoms with E-state index in [9.17, 15) is 20.2 Å². The molecule has 0 radical (unpaired) electrons. The van der Waals surface area contributed by atoms with Crippen LogP contribution in [0, 0.1) is 21.4 Å². The Hall–Kier alpha value is -4.13. The van der Waals surface area contributed by atoms with Crippen molar-refractivity contribution in [2.24, 2.45) is 0 Å². The highest BCUT2D eigenvalue weighted by atomic mass is 32.1. The third-order valence-corrected chi connectivity index (χ3v) is 6.30. The van der Waals surface area contributed by atoms with Gasteiger partial charge in [0.25, 0.3) is 0 Å². The van der Waals surface area contributed by atoms with Crippen LogP contribution in [-0.4, -0.2) is 15.9 Å². The fourth-order valence-corrected chi connectivity index (χ4v) is 4.41. The molecule has 0 aliphatic rings. The first kappa shape index (κ1) is 21.1. The van der Waals surface area contributed by atoms with Gasteiger partial charge in [-0.2, -0.15) is 5.26 Å². The average molecular weight is 460 g/mol. The summed E-state index contributed by atoms with van der Waals surface area (Å²) in [6.07, 6.45) is 4.41. The van der Waals surface area contributed by atoms with Gasteiger partial charge in [0.15, 0.2) is 0 Å². The van der Waals surface area contributed by atoms with Gasteiger partial charge in [-0.3, -0.25) is 10.1 Å². The number of carbonyl (C=O) groups excluding carboxylic acids is 1. The number of para-hydroxylation sites is 1. The minimum absolute atomic E-state index is 0.00393. The molecular weight excluding hydrogens is 446 g/mol. The van der Waals surface area contributed by atoms with Gasteiger partial charge in [-0.25, -0.2) is 9.78 Å². The van der Waals surface area contributed by atoms with Crippen molar-refractivity contribution in [1.29, 1.82) is 5.26 Å². The van der Waals surface area contributed by atoms with Crippen molar-refractivity contribution in [1.82, 2.24) is 4.98 Å². The molecule has 0 fully saturated rings. The Morgan fingerprint density at radius 1 is 1.09 bits per heavy atom. The summed E-state index contributed by atoms with van der Waals surface area (Å²) in [6, 6.07) is 19.6. The Labute approximate surface area is 190 Å². The van der Waals surface area contributed by atoms with Crippen LogP contribution in [0.25, 0.3) is 27.9 Å². The molecule has 32 heavy (non-hydrogen) atoms. The molecule has 2 aromatic heterocycles. The van der Waals surface area contributed by atoms with Crippen LogP contribution >= 0.6 is 22.7 Å². The van der Waals surface area contributed by atoms with E-state index in [0.29, 0.717) is 21.2 Å². The van der Waals surface area contributed by atoms with Gasteiger partial charge in [0, 0.05) is 17.0 Å². The van der Waals surface area contributed by atoms with Gasteiger partial charge in [0.2, 0.25) is 0 Å². The van der Waals surface area contributed by atoms with Crippen molar-refractivity contribution in [2.75, 3.05) is 0 Å². The normalized spacial score (nSPS) is 11.5. The third-order valence-electron chi connectivity index (χ3n) is 4.23. The van der Waals surface area contributed by atoms with Crippen LogP contribution in [0.4, 0.5) is 5.00 Å². The number of esters is 1. The molecule has 0 aliphatic carbocycles. The van der Waals surface area contributed by atoms with Crippen LogP contribution in [0.3, 0.4) is 0 Å². The summed E-state index contributed by atoms with van der Waals surface area (Å²) in [5.41, 5.74) is 2.06. The molecular formula is C23H13N3O4S2. The second kappa shape index (κ2) is 9.34. The number of thiazole rings is 1. The zero-order valence-electron chi connectivity index (χ0n) is 16.3. The fraction of sp³-hybridized carbons (Fsp3) is 0. The SMILES string of the molecule is N#CC(=Cc1ccc(OC(=O)C=Cc2ccc([N+](=O)[O-])s2)cc1)c1nc2ccccc2s1. The summed E-state index contributed by atoms with van der Waals surface area (Å²) < 4.78 is 6.26. The van der Waals surface area contributed by atoms with Crippen LogP contribution in [-0.2, 0) is 4.79 Å². The highest BCUT2D eigenvalue weighted by Gasteiger charge is 2.10. The number of hydrogen-bond donors (Lipinski definition) is 0. The Balaban J connectivity index is 1.43. The Bertz CT molecular complexity index is 1380. The predicted octanol–water partition coefficient (Wildman–Crippen LogP) is 5.95. The number of carbonyl (C=O) groups is 1. The molecule has 0 saturated carbocycles. The summed E-state index contributed by atoms with van der Waals surface area (Å²) in [6.45, 7) is 0. The summed E-state index contributed by atoms with van der Waals surface area (Å²) in [7, 11) is 0. The molecule has 7 nitrogen and oxygen atoms in total. The molecule has 2 heterocycles. The minimum Gasteiger partial charge on any atom is -0.423 e. The highest BCUT2D eigenvalue weighted by Crippen LogP contribution is 2.28. The third kappa shape index (κ3) is 4.95. The molecule has 0 unspecified atom stereocenters. The number of nitrogens with zero attached hydrogens (tertiary/aromatic N) is 3. The van der Waals surface area contributed by atoms with Gasteiger partial charge in [-0.05, 0) is 48.0 Å². The van der Waals surface area contributed by atoms with E-state index in [0.717, 1.165) is 27.1 Å². The summed E-state index contributed by atoms with van der Waals surface area (Å²) in [4.78, 5) is 27.3.